The first-order chi connectivity index (χ1) is 7.50. The van der Waals surface area contributed by atoms with Crippen molar-refractivity contribution in [2.45, 2.75) is 24.9 Å². The summed E-state index contributed by atoms with van der Waals surface area (Å²) < 4.78 is 30.6. The maximum atomic E-state index is 12.1. The highest BCUT2D eigenvalue weighted by atomic mass is 32.2. The lowest BCUT2D eigenvalue weighted by Gasteiger charge is -2.24. The third kappa shape index (κ3) is 2.81. The first kappa shape index (κ1) is 13.1. The molecule has 1 aromatic rings. The van der Waals surface area contributed by atoms with E-state index in [2.05, 4.69) is 9.97 Å². The fraction of sp³-hybridized carbons (Fsp3) is 0.667. The van der Waals surface area contributed by atoms with Crippen molar-refractivity contribution < 1.29 is 13.2 Å². The van der Waals surface area contributed by atoms with E-state index in [4.69, 9.17) is 4.74 Å². The normalized spacial score (nSPS) is 12.6. The standard InChI is InChI=1S/C9H17N3O3S/c1-8(2)12(4-5-15-3)16(13,14)9-6-10-7-11-9/h6-8H,4-5H2,1-3H3,(H,10,11). The molecule has 0 aromatic carbocycles. The highest BCUT2D eigenvalue weighted by Gasteiger charge is 2.27. The summed E-state index contributed by atoms with van der Waals surface area (Å²) in [5, 5.41) is 0.109. The summed E-state index contributed by atoms with van der Waals surface area (Å²) in [5.41, 5.74) is 0. The minimum Gasteiger partial charge on any atom is -0.383 e. The van der Waals surface area contributed by atoms with E-state index in [1.54, 1.807) is 7.11 Å². The third-order valence-corrected chi connectivity index (χ3v) is 4.15. The lowest BCUT2D eigenvalue weighted by Crippen LogP contribution is -2.39. The van der Waals surface area contributed by atoms with Crippen LogP contribution < -0.4 is 0 Å². The number of ether oxygens (including phenoxy) is 1. The van der Waals surface area contributed by atoms with Crippen molar-refractivity contribution in [3.05, 3.63) is 12.5 Å². The summed E-state index contributed by atoms with van der Waals surface area (Å²) in [6.07, 6.45) is 2.65. The van der Waals surface area contributed by atoms with Crippen LogP contribution in [-0.4, -0.2) is 49.0 Å². The second-order valence-electron chi connectivity index (χ2n) is 3.62. The predicted octanol–water partition coefficient (Wildman–Crippen LogP) is 0.455. The SMILES string of the molecule is COCCN(C(C)C)S(=O)(=O)c1cnc[nH]1. The quantitative estimate of drug-likeness (QED) is 0.792. The van der Waals surface area contributed by atoms with E-state index in [0.717, 1.165) is 0 Å². The van der Waals surface area contributed by atoms with Gasteiger partial charge in [0.1, 0.15) is 0 Å². The molecule has 6 nitrogen and oxygen atoms in total. The van der Waals surface area contributed by atoms with Crippen LogP contribution in [0.4, 0.5) is 0 Å². The Morgan fingerprint density at radius 2 is 2.25 bits per heavy atom. The van der Waals surface area contributed by atoms with Gasteiger partial charge in [0.05, 0.1) is 19.1 Å². The Labute approximate surface area is 95.7 Å². The molecular weight excluding hydrogens is 230 g/mol. The van der Waals surface area contributed by atoms with E-state index >= 15 is 0 Å². The molecule has 0 unspecified atom stereocenters. The van der Waals surface area contributed by atoms with Gasteiger partial charge in [-0.25, -0.2) is 13.4 Å². The molecule has 92 valence electrons. The maximum absolute atomic E-state index is 12.1. The highest BCUT2D eigenvalue weighted by Crippen LogP contribution is 2.14. The molecule has 0 aliphatic carbocycles. The third-order valence-electron chi connectivity index (χ3n) is 2.15. The first-order valence-electron chi connectivity index (χ1n) is 4.99. The molecule has 0 bridgehead atoms. The Balaban J connectivity index is 2.94. The number of hydrogen-bond donors (Lipinski definition) is 1. The fourth-order valence-corrected chi connectivity index (χ4v) is 2.87. The lowest BCUT2D eigenvalue weighted by atomic mass is 10.4. The zero-order valence-corrected chi connectivity index (χ0v) is 10.5. The number of nitrogens with one attached hydrogen (secondary N) is 1. The van der Waals surface area contributed by atoms with E-state index in [-0.39, 0.29) is 11.1 Å². The van der Waals surface area contributed by atoms with Gasteiger partial charge < -0.3 is 9.72 Å². The van der Waals surface area contributed by atoms with Crippen LogP contribution in [-0.2, 0) is 14.8 Å². The van der Waals surface area contributed by atoms with Crippen LogP contribution in [0.15, 0.2) is 17.6 Å². The molecule has 16 heavy (non-hydrogen) atoms. The average Bonchev–Trinajstić information content (AvgIpc) is 2.70. The minimum absolute atomic E-state index is 0.109. The van der Waals surface area contributed by atoms with Crippen LogP contribution in [0.2, 0.25) is 0 Å². The van der Waals surface area contributed by atoms with Crippen LogP contribution in [0.5, 0.6) is 0 Å². The molecule has 0 aliphatic heterocycles. The smallest absolute Gasteiger partial charge is 0.260 e. The molecule has 1 aromatic heterocycles. The number of hydrogen-bond acceptors (Lipinski definition) is 4. The molecule has 0 saturated carbocycles. The molecule has 0 aliphatic rings. The van der Waals surface area contributed by atoms with Crippen LogP contribution >= 0.6 is 0 Å². The van der Waals surface area contributed by atoms with Gasteiger partial charge in [-0.05, 0) is 13.8 Å². The molecule has 0 saturated heterocycles. The minimum atomic E-state index is -3.49. The van der Waals surface area contributed by atoms with Crippen molar-refractivity contribution in [3.8, 4) is 0 Å². The molecule has 0 amide bonds. The fourth-order valence-electron chi connectivity index (χ4n) is 1.35. The predicted molar refractivity (Wildman–Crippen MR) is 59.5 cm³/mol. The number of rotatable bonds is 6. The van der Waals surface area contributed by atoms with Crippen molar-refractivity contribution in [3.63, 3.8) is 0 Å². The second kappa shape index (κ2) is 5.42. The van der Waals surface area contributed by atoms with Crippen molar-refractivity contribution >= 4 is 10.0 Å². The van der Waals surface area contributed by atoms with E-state index in [9.17, 15) is 8.42 Å². The van der Waals surface area contributed by atoms with E-state index in [0.29, 0.717) is 13.2 Å². The van der Waals surface area contributed by atoms with Crippen LogP contribution in [0.25, 0.3) is 0 Å². The summed E-state index contributed by atoms with van der Waals surface area (Å²) in [6.45, 7) is 4.34. The summed E-state index contributed by atoms with van der Waals surface area (Å²) in [4.78, 5) is 6.33. The Morgan fingerprint density at radius 3 is 2.69 bits per heavy atom. The van der Waals surface area contributed by atoms with Gasteiger partial charge in [0.25, 0.3) is 10.0 Å². The van der Waals surface area contributed by atoms with Crippen molar-refractivity contribution in [2.75, 3.05) is 20.3 Å². The van der Waals surface area contributed by atoms with Gasteiger partial charge in [-0.3, -0.25) is 0 Å². The largest absolute Gasteiger partial charge is 0.383 e. The average molecular weight is 247 g/mol. The number of methoxy groups -OCH3 is 1. The first-order valence-corrected chi connectivity index (χ1v) is 6.43. The lowest BCUT2D eigenvalue weighted by molar-refractivity contribution is 0.170. The zero-order chi connectivity index (χ0) is 12.2. The van der Waals surface area contributed by atoms with Crippen molar-refractivity contribution in [1.29, 1.82) is 0 Å². The van der Waals surface area contributed by atoms with Crippen molar-refractivity contribution in [1.82, 2.24) is 14.3 Å². The number of aromatic nitrogens is 2. The van der Waals surface area contributed by atoms with Gasteiger partial charge in [0, 0.05) is 19.7 Å². The van der Waals surface area contributed by atoms with Gasteiger partial charge in [0.15, 0.2) is 5.03 Å². The zero-order valence-electron chi connectivity index (χ0n) is 9.67. The molecule has 0 radical (unpaired) electrons. The molecule has 7 heteroatoms. The van der Waals surface area contributed by atoms with E-state index in [1.807, 2.05) is 13.8 Å². The summed E-state index contributed by atoms with van der Waals surface area (Å²) in [5.74, 6) is 0. The number of imidazole rings is 1. The van der Waals surface area contributed by atoms with Gasteiger partial charge in [-0.2, -0.15) is 4.31 Å². The summed E-state index contributed by atoms with van der Waals surface area (Å²) in [6, 6.07) is -0.122. The highest BCUT2D eigenvalue weighted by molar-refractivity contribution is 7.89. The topological polar surface area (TPSA) is 75.3 Å². The number of aromatic amines is 1. The number of sulfonamides is 1. The van der Waals surface area contributed by atoms with Gasteiger partial charge in [-0.15, -0.1) is 0 Å². The summed E-state index contributed by atoms with van der Waals surface area (Å²) >= 11 is 0. The van der Waals surface area contributed by atoms with Crippen molar-refractivity contribution in [2.24, 2.45) is 0 Å². The second-order valence-corrected chi connectivity index (χ2v) is 5.48. The summed E-state index contributed by atoms with van der Waals surface area (Å²) in [7, 11) is -1.95. The van der Waals surface area contributed by atoms with Gasteiger partial charge in [0.2, 0.25) is 0 Å². The van der Waals surface area contributed by atoms with E-state index < -0.39 is 10.0 Å². The molecule has 1 rings (SSSR count). The Hall–Kier alpha value is -0.920. The monoisotopic (exact) mass is 247 g/mol. The molecule has 1 heterocycles. The van der Waals surface area contributed by atoms with E-state index in [1.165, 1.54) is 16.8 Å². The molecule has 0 spiro atoms. The Morgan fingerprint density at radius 1 is 1.56 bits per heavy atom. The number of H-pyrrole nitrogens is 1. The molecular formula is C9H17N3O3S. The van der Waals surface area contributed by atoms with Crippen LogP contribution in [0.3, 0.4) is 0 Å². The van der Waals surface area contributed by atoms with Gasteiger partial charge in [-0.1, -0.05) is 0 Å². The molecule has 0 fully saturated rings. The molecule has 0 atom stereocenters. The maximum Gasteiger partial charge on any atom is 0.260 e. The molecule has 1 N–H and O–H groups in total. The van der Waals surface area contributed by atoms with Crippen LogP contribution in [0, 0.1) is 0 Å². The van der Waals surface area contributed by atoms with Crippen LogP contribution in [0.1, 0.15) is 13.8 Å². The van der Waals surface area contributed by atoms with Gasteiger partial charge >= 0.3 is 0 Å². The Kier molecular flexibility index (Phi) is 4.45. The number of nitrogens with zero attached hydrogens (tertiary/aromatic N) is 2. The Bertz CT molecular complexity index is 400.